The monoisotopic (exact) mass is 700 g/mol. The minimum Gasteiger partial charge on any atom is -0.490 e. The number of sulfonamides is 1. The molecule has 1 aliphatic rings. The molecule has 4 rings (SSSR count). The first-order chi connectivity index (χ1) is 22.9. The third-order valence-electron chi connectivity index (χ3n) is 8.25. The van der Waals surface area contributed by atoms with Crippen molar-refractivity contribution < 1.29 is 32.6 Å². The number of amides is 3. The molecule has 260 valence electrons. The molecule has 0 aliphatic carbocycles. The van der Waals surface area contributed by atoms with Crippen LogP contribution in [0.15, 0.2) is 77.7 Å². The maximum atomic E-state index is 14.4. The Morgan fingerprint density at radius 1 is 1.06 bits per heavy atom. The number of nitrogens with one attached hydrogen (secondary N) is 2. The average molecular weight is 701 g/mol. The summed E-state index contributed by atoms with van der Waals surface area (Å²) in [6.07, 6.45) is 1.60. The number of aliphatic hydroxyl groups is 1. The third kappa shape index (κ3) is 10.1. The second kappa shape index (κ2) is 17.0. The van der Waals surface area contributed by atoms with E-state index in [2.05, 4.69) is 10.0 Å². The highest BCUT2D eigenvalue weighted by Gasteiger charge is 2.31. The van der Waals surface area contributed by atoms with Crippen molar-refractivity contribution in [1.29, 1.82) is 0 Å². The summed E-state index contributed by atoms with van der Waals surface area (Å²) in [5.74, 6) is -0.385. The maximum absolute atomic E-state index is 14.4. The van der Waals surface area contributed by atoms with Crippen molar-refractivity contribution in [3.63, 3.8) is 0 Å². The molecule has 3 N–H and O–H groups in total. The van der Waals surface area contributed by atoms with Crippen molar-refractivity contribution >= 4 is 44.9 Å². The fourth-order valence-electron chi connectivity index (χ4n) is 5.37. The molecule has 4 atom stereocenters. The van der Waals surface area contributed by atoms with Crippen LogP contribution in [0, 0.1) is 5.92 Å². The first-order valence-electron chi connectivity index (χ1n) is 16.1. The molecule has 0 fully saturated rings. The molecule has 1 heterocycles. The van der Waals surface area contributed by atoms with Gasteiger partial charge in [0, 0.05) is 49.1 Å². The summed E-state index contributed by atoms with van der Waals surface area (Å²) >= 11 is 5.95. The SMILES string of the molecule is C[C@H](CO)N1C[C@H](C)[C@@H](CN(C)C(=O)Nc2ccccc2)OCCCC[C@H](C)Oc2ccc(NS(=O)(=O)c3ccc(Cl)cc3)cc2C1=O. The number of likely N-dealkylation sites (N-methyl/N-ethyl adjacent to an activating group) is 1. The maximum Gasteiger partial charge on any atom is 0.321 e. The number of aliphatic hydroxyl groups excluding tert-OH is 1. The van der Waals surface area contributed by atoms with Crippen molar-refractivity contribution in [1.82, 2.24) is 9.80 Å². The zero-order chi connectivity index (χ0) is 34.8. The number of urea groups is 1. The van der Waals surface area contributed by atoms with Crippen LogP contribution in [0.2, 0.25) is 5.02 Å². The predicted octanol–water partition coefficient (Wildman–Crippen LogP) is 6.10. The first-order valence-corrected chi connectivity index (χ1v) is 17.9. The normalized spacial score (nSPS) is 20.1. The van der Waals surface area contributed by atoms with E-state index in [1.165, 1.54) is 30.3 Å². The largest absolute Gasteiger partial charge is 0.490 e. The molecule has 3 aromatic carbocycles. The molecule has 0 bridgehead atoms. The van der Waals surface area contributed by atoms with Gasteiger partial charge in [0.25, 0.3) is 15.9 Å². The Morgan fingerprint density at radius 2 is 1.77 bits per heavy atom. The molecule has 11 nitrogen and oxygen atoms in total. The quantitative estimate of drug-likeness (QED) is 0.258. The van der Waals surface area contributed by atoms with Crippen molar-refractivity contribution in [2.24, 2.45) is 5.92 Å². The molecule has 0 spiro atoms. The number of ether oxygens (including phenoxy) is 2. The highest BCUT2D eigenvalue weighted by atomic mass is 35.5. The molecule has 0 radical (unpaired) electrons. The second-order valence-electron chi connectivity index (χ2n) is 12.2. The van der Waals surface area contributed by atoms with E-state index in [0.717, 1.165) is 12.8 Å². The topological polar surface area (TPSA) is 138 Å². The molecule has 0 saturated heterocycles. The standard InChI is InChI=1S/C35H45ClN4O7S/c1-24-21-40(25(2)23-41)34(42)31-20-29(38-48(44,45)30-16-13-27(36)14-17-30)15-18-32(31)47-26(3)10-8-9-19-46-33(24)22-39(4)35(43)37-28-11-6-5-7-12-28/h5-7,11-18,20,24-26,33,38,41H,8-10,19,21-23H2,1-4H3,(H,37,43)/t24-,25+,26-,33+/m0/s1. The van der Waals surface area contributed by atoms with E-state index in [1.54, 1.807) is 35.9 Å². The Kier molecular flexibility index (Phi) is 13.1. The lowest BCUT2D eigenvalue weighted by molar-refractivity contribution is -0.0115. The van der Waals surface area contributed by atoms with Gasteiger partial charge in [-0.3, -0.25) is 9.52 Å². The third-order valence-corrected chi connectivity index (χ3v) is 9.90. The second-order valence-corrected chi connectivity index (χ2v) is 14.4. The minimum atomic E-state index is -3.99. The first kappa shape index (κ1) is 37.0. The number of nitrogens with zero attached hydrogens (tertiary/aromatic N) is 2. The fourth-order valence-corrected chi connectivity index (χ4v) is 6.55. The van der Waals surface area contributed by atoms with Gasteiger partial charge < -0.3 is 29.7 Å². The highest BCUT2D eigenvalue weighted by molar-refractivity contribution is 7.92. The van der Waals surface area contributed by atoms with Crippen LogP contribution in [-0.2, 0) is 14.8 Å². The lowest BCUT2D eigenvalue weighted by Gasteiger charge is -2.35. The summed E-state index contributed by atoms with van der Waals surface area (Å²) in [4.78, 5) is 30.5. The molecule has 0 saturated carbocycles. The van der Waals surface area contributed by atoms with E-state index in [9.17, 15) is 23.1 Å². The minimum absolute atomic E-state index is 0.0148. The molecule has 3 amide bonds. The summed E-state index contributed by atoms with van der Waals surface area (Å²) < 4.78 is 41.5. The van der Waals surface area contributed by atoms with E-state index in [-0.39, 0.29) is 53.9 Å². The number of anilines is 2. The van der Waals surface area contributed by atoms with Gasteiger partial charge >= 0.3 is 6.03 Å². The van der Waals surface area contributed by atoms with Crippen LogP contribution in [0.3, 0.4) is 0 Å². The summed E-state index contributed by atoms with van der Waals surface area (Å²) in [5.41, 5.74) is 0.999. The lowest BCUT2D eigenvalue weighted by Crippen LogP contribution is -2.48. The Balaban J connectivity index is 1.63. The summed E-state index contributed by atoms with van der Waals surface area (Å²) in [6.45, 7) is 6.21. The smallest absolute Gasteiger partial charge is 0.321 e. The van der Waals surface area contributed by atoms with Gasteiger partial charge in [0.05, 0.1) is 35.3 Å². The fraction of sp³-hybridized carbons (Fsp3) is 0.429. The molecule has 1 aliphatic heterocycles. The van der Waals surface area contributed by atoms with Crippen LogP contribution in [0.4, 0.5) is 16.2 Å². The number of carbonyl (C=O) groups is 2. The Labute approximate surface area is 288 Å². The number of hydrogen-bond donors (Lipinski definition) is 3. The van der Waals surface area contributed by atoms with Gasteiger partial charge in [-0.15, -0.1) is 0 Å². The zero-order valence-electron chi connectivity index (χ0n) is 27.8. The van der Waals surface area contributed by atoms with Gasteiger partial charge in [0.15, 0.2) is 0 Å². The number of carbonyl (C=O) groups excluding carboxylic acids is 2. The van der Waals surface area contributed by atoms with E-state index < -0.39 is 28.1 Å². The van der Waals surface area contributed by atoms with Gasteiger partial charge in [-0.25, -0.2) is 13.2 Å². The molecule has 3 aromatic rings. The number of hydrogen-bond acceptors (Lipinski definition) is 7. The number of para-hydroxylation sites is 1. The van der Waals surface area contributed by atoms with Gasteiger partial charge in [0.1, 0.15) is 5.75 Å². The summed E-state index contributed by atoms with van der Waals surface area (Å²) in [7, 11) is -2.30. The molecule has 48 heavy (non-hydrogen) atoms. The zero-order valence-corrected chi connectivity index (χ0v) is 29.3. The van der Waals surface area contributed by atoms with E-state index in [4.69, 9.17) is 21.1 Å². The van der Waals surface area contributed by atoms with Gasteiger partial charge in [0.2, 0.25) is 0 Å². The Hall–Kier alpha value is -3.84. The van der Waals surface area contributed by atoms with Crippen LogP contribution in [0.25, 0.3) is 0 Å². The molecule has 13 heteroatoms. The van der Waals surface area contributed by atoms with Gasteiger partial charge in [-0.2, -0.15) is 0 Å². The lowest BCUT2D eigenvalue weighted by atomic mass is 10.0. The number of benzene rings is 3. The van der Waals surface area contributed by atoms with Crippen molar-refractivity contribution in [2.75, 3.05) is 43.4 Å². The molecule has 0 unspecified atom stereocenters. The van der Waals surface area contributed by atoms with Crippen LogP contribution in [0.5, 0.6) is 5.75 Å². The van der Waals surface area contributed by atoms with Gasteiger partial charge in [-0.1, -0.05) is 36.7 Å². The van der Waals surface area contributed by atoms with Crippen molar-refractivity contribution in [3.05, 3.63) is 83.4 Å². The summed E-state index contributed by atoms with van der Waals surface area (Å²) in [6, 6.07) is 18.7. The van der Waals surface area contributed by atoms with E-state index in [0.29, 0.717) is 29.5 Å². The van der Waals surface area contributed by atoms with Crippen molar-refractivity contribution in [3.8, 4) is 5.75 Å². The van der Waals surface area contributed by atoms with E-state index in [1.807, 2.05) is 44.2 Å². The molecular formula is C35H45ClN4O7S. The van der Waals surface area contributed by atoms with Crippen LogP contribution in [-0.4, -0.2) is 86.9 Å². The highest BCUT2D eigenvalue weighted by Crippen LogP contribution is 2.30. The van der Waals surface area contributed by atoms with Crippen LogP contribution < -0.4 is 14.8 Å². The van der Waals surface area contributed by atoms with Crippen molar-refractivity contribution in [2.45, 2.75) is 63.2 Å². The van der Waals surface area contributed by atoms with Crippen LogP contribution >= 0.6 is 11.6 Å². The molecular weight excluding hydrogens is 656 g/mol. The number of fused-ring (bicyclic) bond motifs is 1. The summed E-state index contributed by atoms with van der Waals surface area (Å²) in [5, 5.41) is 13.5. The average Bonchev–Trinajstić information content (AvgIpc) is 3.06. The van der Waals surface area contributed by atoms with Crippen LogP contribution in [0.1, 0.15) is 50.4 Å². The molecule has 0 aromatic heterocycles. The Morgan fingerprint density at radius 3 is 2.46 bits per heavy atom. The predicted molar refractivity (Wildman–Crippen MR) is 187 cm³/mol. The Bertz CT molecular complexity index is 1630. The number of rotatable bonds is 8. The van der Waals surface area contributed by atoms with E-state index >= 15 is 0 Å². The van der Waals surface area contributed by atoms with Gasteiger partial charge in [-0.05, 0) is 87.7 Å². The number of halogens is 1.